The van der Waals surface area contributed by atoms with E-state index in [9.17, 15) is 18.0 Å². The molecule has 18 heavy (non-hydrogen) atoms. The van der Waals surface area contributed by atoms with Crippen LogP contribution in [-0.4, -0.2) is 23.5 Å². The zero-order valence-electron chi connectivity index (χ0n) is 9.32. The normalized spacial score (nSPS) is 12.6. The van der Waals surface area contributed by atoms with Gasteiger partial charge in [-0.2, -0.15) is 13.2 Å². The monoisotopic (exact) mass is 265 g/mol. The number of halogens is 3. The van der Waals surface area contributed by atoms with E-state index in [4.69, 9.17) is 5.21 Å². The zero-order chi connectivity index (χ0) is 13.8. The Bertz CT molecular complexity index is 450. The van der Waals surface area contributed by atoms with Crippen LogP contribution in [0.3, 0.4) is 0 Å². The average molecular weight is 265 g/mol. The molecule has 0 aliphatic rings. The highest BCUT2D eigenvalue weighted by molar-refractivity contribution is 6.36. The van der Waals surface area contributed by atoms with Gasteiger partial charge in [-0.1, -0.05) is 5.16 Å². The van der Waals surface area contributed by atoms with E-state index in [1.807, 2.05) is 0 Å². The van der Waals surface area contributed by atoms with Crippen molar-refractivity contribution < 1.29 is 32.3 Å². The fourth-order valence-corrected chi connectivity index (χ4v) is 1.15. The predicted molar refractivity (Wildman–Crippen MR) is 53.3 cm³/mol. The van der Waals surface area contributed by atoms with Gasteiger partial charge in [0.1, 0.15) is 5.76 Å². The van der Waals surface area contributed by atoms with E-state index in [1.165, 1.54) is 0 Å². The fraction of sp³-hybridized carbons (Fsp3) is 0.400. The molecule has 1 heterocycles. The summed E-state index contributed by atoms with van der Waals surface area (Å²) in [5.74, 6) is -2.24. The van der Waals surface area contributed by atoms with Crippen LogP contribution in [-0.2, 0) is 22.1 Å². The lowest BCUT2D eigenvalue weighted by Crippen LogP contribution is -2.19. The van der Waals surface area contributed by atoms with Crippen molar-refractivity contribution in [3.63, 3.8) is 0 Å². The molecule has 0 fully saturated rings. The lowest BCUT2D eigenvalue weighted by molar-refractivity contribution is -0.153. The minimum absolute atomic E-state index is 0.0593. The standard InChI is InChI=1S/C10H10F3NO4/c1-2-17-9(15)7(14-16)5-6-3-4-8(18-6)10(11,12)13/h3-4,16H,2,5H2,1H3. The number of carbonyl (C=O) groups excluding carboxylic acids is 1. The largest absolute Gasteiger partial charge is 0.461 e. The van der Waals surface area contributed by atoms with Crippen molar-refractivity contribution >= 4 is 11.7 Å². The second-order valence-corrected chi connectivity index (χ2v) is 3.21. The fourth-order valence-electron chi connectivity index (χ4n) is 1.15. The first-order valence-electron chi connectivity index (χ1n) is 4.92. The van der Waals surface area contributed by atoms with Gasteiger partial charge in [-0.05, 0) is 19.1 Å². The molecule has 100 valence electrons. The van der Waals surface area contributed by atoms with Crippen molar-refractivity contribution in [1.29, 1.82) is 0 Å². The third-order valence-corrected chi connectivity index (χ3v) is 1.91. The molecule has 0 aromatic carbocycles. The maximum absolute atomic E-state index is 12.2. The van der Waals surface area contributed by atoms with Crippen molar-refractivity contribution in [1.82, 2.24) is 0 Å². The Hall–Kier alpha value is -1.99. The van der Waals surface area contributed by atoms with Crippen molar-refractivity contribution in [2.75, 3.05) is 6.61 Å². The van der Waals surface area contributed by atoms with E-state index >= 15 is 0 Å². The highest BCUT2D eigenvalue weighted by Crippen LogP contribution is 2.30. The van der Waals surface area contributed by atoms with Crippen LogP contribution in [0.25, 0.3) is 0 Å². The van der Waals surface area contributed by atoms with Gasteiger partial charge < -0.3 is 14.4 Å². The second-order valence-electron chi connectivity index (χ2n) is 3.21. The Morgan fingerprint density at radius 1 is 1.50 bits per heavy atom. The van der Waals surface area contributed by atoms with Gasteiger partial charge in [0.2, 0.25) is 5.76 Å². The van der Waals surface area contributed by atoms with Gasteiger partial charge in [-0.3, -0.25) is 0 Å². The molecule has 0 aliphatic carbocycles. The van der Waals surface area contributed by atoms with Crippen molar-refractivity contribution in [2.45, 2.75) is 19.5 Å². The smallest absolute Gasteiger partial charge is 0.449 e. The summed E-state index contributed by atoms with van der Waals surface area (Å²) >= 11 is 0. The Morgan fingerprint density at radius 2 is 2.17 bits per heavy atom. The Labute approximate surface area is 99.8 Å². The summed E-state index contributed by atoms with van der Waals surface area (Å²) in [5.41, 5.74) is -0.431. The van der Waals surface area contributed by atoms with Crippen LogP contribution in [0.4, 0.5) is 13.2 Å². The van der Waals surface area contributed by atoms with Gasteiger partial charge >= 0.3 is 12.1 Å². The van der Waals surface area contributed by atoms with Crippen LogP contribution in [0.5, 0.6) is 0 Å². The number of alkyl halides is 3. The third-order valence-electron chi connectivity index (χ3n) is 1.91. The molecular weight excluding hydrogens is 255 g/mol. The highest BCUT2D eigenvalue weighted by Gasteiger charge is 2.35. The van der Waals surface area contributed by atoms with Crippen molar-refractivity contribution in [2.24, 2.45) is 5.16 Å². The molecule has 0 atom stereocenters. The number of oxime groups is 1. The summed E-state index contributed by atoms with van der Waals surface area (Å²) in [5, 5.41) is 11.2. The number of esters is 1. The summed E-state index contributed by atoms with van der Waals surface area (Å²) in [4.78, 5) is 11.2. The molecule has 0 saturated carbocycles. The number of furan rings is 1. The first-order valence-corrected chi connectivity index (χ1v) is 4.92. The molecule has 1 aromatic rings. The van der Waals surface area contributed by atoms with Gasteiger partial charge in [0, 0.05) is 0 Å². The molecule has 0 aliphatic heterocycles. The zero-order valence-corrected chi connectivity index (χ0v) is 9.32. The molecule has 0 unspecified atom stereocenters. The molecular formula is C10H10F3NO4. The summed E-state index contributed by atoms with van der Waals surface area (Å²) in [6, 6.07) is 1.78. The van der Waals surface area contributed by atoms with Crippen molar-refractivity contribution in [3.8, 4) is 0 Å². The maximum Gasteiger partial charge on any atom is 0.449 e. The lowest BCUT2D eigenvalue weighted by Gasteiger charge is -2.03. The maximum atomic E-state index is 12.2. The molecule has 0 bridgehead atoms. The Morgan fingerprint density at radius 3 is 2.61 bits per heavy atom. The first kappa shape index (κ1) is 14.1. The number of ether oxygens (including phenoxy) is 1. The lowest BCUT2D eigenvalue weighted by atomic mass is 10.2. The van der Waals surface area contributed by atoms with Gasteiger partial charge in [-0.15, -0.1) is 0 Å². The number of hydrogen-bond acceptors (Lipinski definition) is 5. The molecule has 8 heteroatoms. The average Bonchev–Trinajstić information content (AvgIpc) is 2.74. The van der Waals surface area contributed by atoms with Crippen LogP contribution < -0.4 is 0 Å². The van der Waals surface area contributed by atoms with Crippen LogP contribution in [0.2, 0.25) is 0 Å². The van der Waals surface area contributed by atoms with Crippen LogP contribution in [0, 0.1) is 0 Å². The third kappa shape index (κ3) is 3.51. The van der Waals surface area contributed by atoms with Gasteiger partial charge in [0.25, 0.3) is 0 Å². The quantitative estimate of drug-likeness (QED) is 0.392. The van der Waals surface area contributed by atoms with E-state index < -0.39 is 23.6 Å². The first-order chi connectivity index (χ1) is 8.38. The van der Waals surface area contributed by atoms with Crippen LogP contribution in [0.1, 0.15) is 18.4 Å². The summed E-state index contributed by atoms with van der Waals surface area (Å²) in [6.07, 6.45) is -4.98. The van der Waals surface area contributed by atoms with E-state index in [0.29, 0.717) is 0 Å². The topological polar surface area (TPSA) is 72.0 Å². The molecule has 0 amide bonds. The molecule has 1 rings (SSSR count). The number of nitrogens with zero attached hydrogens (tertiary/aromatic N) is 1. The second kappa shape index (κ2) is 5.56. The minimum Gasteiger partial charge on any atom is -0.461 e. The highest BCUT2D eigenvalue weighted by atomic mass is 19.4. The molecule has 1 N–H and O–H groups in total. The number of carbonyl (C=O) groups is 1. The minimum atomic E-state index is -4.60. The molecule has 1 aromatic heterocycles. The van der Waals surface area contributed by atoms with E-state index in [-0.39, 0.29) is 18.8 Å². The Kier molecular flexibility index (Phi) is 4.35. The van der Waals surface area contributed by atoms with Crippen molar-refractivity contribution in [3.05, 3.63) is 23.7 Å². The molecule has 0 spiro atoms. The summed E-state index contributed by atoms with van der Waals surface area (Å²) in [7, 11) is 0. The number of rotatable bonds is 4. The molecule has 0 saturated heterocycles. The Balaban J connectivity index is 2.78. The van der Waals surface area contributed by atoms with Crippen LogP contribution >= 0.6 is 0 Å². The van der Waals surface area contributed by atoms with Gasteiger partial charge in [-0.25, -0.2) is 4.79 Å². The summed E-state index contributed by atoms with van der Waals surface area (Å²) < 4.78 is 45.7. The van der Waals surface area contributed by atoms with Gasteiger partial charge in [0.15, 0.2) is 5.71 Å². The molecule has 5 nitrogen and oxygen atoms in total. The van der Waals surface area contributed by atoms with E-state index in [0.717, 1.165) is 12.1 Å². The summed E-state index contributed by atoms with van der Waals surface area (Å²) in [6.45, 7) is 1.60. The van der Waals surface area contributed by atoms with E-state index in [1.54, 1.807) is 6.92 Å². The predicted octanol–water partition coefficient (Wildman–Crippen LogP) is 2.23. The SMILES string of the molecule is CCOC(=O)C(Cc1ccc(C(F)(F)F)o1)=NO. The van der Waals surface area contributed by atoms with Gasteiger partial charge in [0.05, 0.1) is 13.0 Å². The van der Waals surface area contributed by atoms with E-state index in [2.05, 4.69) is 14.3 Å². The number of hydrogen-bond donors (Lipinski definition) is 1. The molecule has 0 radical (unpaired) electrons. The van der Waals surface area contributed by atoms with Crippen LogP contribution in [0.15, 0.2) is 21.7 Å².